The summed E-state index contributed by atoms with van der Waals surface area (Å²) in [6, 6.07) is 6.16. The average Bonchev–Trinajstić information content (AvgIpc) is 2.37. The van der Waals surface area contributed by atoms with Gasteiger partial charge in [-0.2, -0.15) is 0 Å². The van der Waals surface area contributed by atoms with Crippen molar-refractivity contribution in [3.63, 3.8) is 0 Å². The van der Waals surface area contributed by atoms with Crippen molar-refractivity contribution in [3.8, 4) is 0 Å². The molecule has 0 bridgehead atoms. The van der Waals surface area contributed by atoms with Crippen LogP contribution in [0.1, 0.15) is 26.3 Å². The Labute approximate surface area is 120 Å². The van der Waals surface area contributed by atoms with Gasteiger partial charge in [-0.05, 0) is 44.2 Å². The Bertz CT molecular complexity index is 434. The molecule has 0 unspecified atom stereocenters. The van der Waals surface area contributed by atoms with Crippen LogP contribution in [0.15, 0.2) is 18.2 Å². The van der Waals surface area contributed by atoms with E-state index in [4.69, 9.17) is 16.3 Å². The zero-order valence-electron chi connectivity index (χ0n) is 12.0. The molecule has 0 radical (unpaired) electrons. The number of rotatable bonds is 4. The first-order valence-corrected chi connectivity index (χ1v) is 7.27. The van der Waals surface area contributed by atoms with Crippen LogP contribution in [0.3, 0.4) is 0 Å². The standard InChI is InChI=1S/C15H23ClN2O/c1-4-17-10-12-9-13(16)5-6-14(12)18-7-8-19-11-15(18,2)3/h5-6,9,17H,4,7-8,10-11H2,1-3H3. The zero-order valence-corrected chi connectivity index (χ0v) is 12.8. The van der Waals surface area contributed by atoms with Crippen LogP contribution in [0.5, 0.6) is 0 Å². The van der Waals surface area contributed by atoms with Gasteiger partial charge < -0.3 is 15.0 Å². The summed E-state index contributed by atoms with van der Waals surface area (Å²) in [5.74, 6) is 0. The maximum Gasteiger partial charge on any atom is 0.0694 e. The van der Waals surface area contributed by atoms with E-state index in [9.17, 15) is 0 Å². The second-order valence-electron chi connectivity index (χ2n) is 5.57. The summed E-state index contributed by atoms with van der Waals surface area (Å²) in [5.41, 5.74) is 2.54. The highest BCUT2D eigenvalue weighted by atomic mass is 35.5. The second-order valence-corrected chi connectivity index (χ2v) is 6.01. The molecule has 1 aromatic rings. The Kier molecular flexibility index (Phi) is 4.71. The van der Waals surface area contributed by atoms with Crippen LogP contribution >= 0.6 is 11.6 Å². The Morgan fingerprint density at radius 1 is 1.42 bits per heavy atom. The van der Waals surface area contributed by atoms with E-state index >= 15 is 0 Å². The van der Waals surface area contributed by atoms with Gasteiger partial charge in [-0.1, -0.05) is 18.5 Å². The van der Waals surface area contributed by atoms with Crippen molar-refractivity contribution in [3.05, 3.63) is 28.8 Å². The summed E-state index contributed by atoms with van der Waals surface area (Å²) in [4.78, 5) is 2.43. The number of hydrogen-bond donors (Lipinski definition) is 1. The van der Waals surface area contributed by atoms with Crippen molar-refractivity contribution >= 4 is 17.3 Å². The summed E-state index contributed by atoms with van der Waals surface area (Å²) >= 11 is 6.13. The van der Waals surface area contributed by atoms with E-state index in [0.717, 1.165) is 37.9 Å². The molecule has 1 N–H and O–H groups in total. The molecule has 1 aliphatic rings. The van der Waals surface area contributed by atoms with Crippen LogP contribution in [0, 0.1) is 0 Å². The lowest BCUT2D eigenvalue weighted by Crippen LogP contribution is -2.53. The summed E-state index contributed by atoms with van der Waals surface area (Å²) in [7, 11) is 0. The lowest BCUT2D eigenvalue weighted by molar-refractivity contribution is 0.0643. The van der Waals surface area contributed by atoms with Crippen LogP contribution in [-0.2, 0) is 11.3 Å². The van der Waals surface area contributed by atoms with Crippen molar-refractivity contribution in [2.75, 3.05) is 31.2 Å². The van der Waals surface area contributed by atoms with Crippen molar-refractivity contribution in [2.24, 2.45) is 0 Å². The number of anilines is 1. The van der Waals surface area contributed by atoms with Gasteiger partial charge in [0.2, 0.25) is 0 Å². The minimum Gasteiger partial charge on any atom is -0.377 e. The fourth-order valence-corrected chi connectivity index (χ4v) is 2.72. The number of benzene rings is 1. The number of hydrogen-bond acceptors (Lipinski definition) is 3. The molecule has 0 amide bonds. The van der Waals surface area contributed by atoms with Gasteiger partial charge in [-0.3, -0.25) is 0 Å². The predicted molar refractivity (Wildman–Crippen MR) is 81.1 cm³/mol. The van der Waals surface area contributed by atoms with E-state index in [1.54, 1.807) is 0 Å². The summed E-state index contributed by atoms with van der Waals surface area (Å²) < 4.78 is 5.60. The first-order chi connectivity index (χ1) is 9.04. The van der Waals surface area contributed by atoms with E-state index in [-0.39, 0.29) is 5.54 Å². The lowest BCUT2D eigenvalue weighted by Gasteiger charge is -2.44. The Balaban J connectivity index is 2.31. The molecular formula is C15H23ClN2O. The first kappa shape index (κ1) is 14.6. The third-order valence-corrected chi connectivity index (χ3v) is 3.78. The van der Waals surface area contributed by atoms with Gasteiger partial charge in [0.1, 0.15) is 0 Å². The average molecular weight is 283 g/mol. The molecule has 19 heavy (non-hydrogen) atoms. The van der Waals surface area contributed by atoms with Gasteiger partial charge >= 0.3 is 0 Å². The summed E-state index contributed by atoms with van der Waals surface area (Å²) in [5, 5.41) is 4.18. The fourth-order valence-electron chi connectivity index (χ4n) is 2.52. The smallest absolute Gasteiger partial charge is 0.0694 e. The molecule has 0 saturated carbocycles. The molecular weight excluding hydrogens is 260 g/mol. The molecule has 1 fully saturated rings. The van der Waals surface area contributed by atoms with Gasteiger partial charge in [0.15, 0.2) is 0 Å². The molecule has 1 aliphatic heterocycles. The van der Waals surface area contributed by atoms with E-state index < -0.39 is 0 Å². The summed E-state index contributed by atoms with van der Waals surface area (Å²) in [6.07, 6.45) is 0. The zero-order chi connectivity index (χ0) is 13.9. The summed E-state index contributed by atoms with van der Waals surface area (Å²) in [6.45, 7) is 10.8. The van der Waals surface area contributed by atoms with Gasteiger partial charge in [0.25, 0.3) is 0 Å². The molecule has 1 saturated heterocycles. The molecule has 0 aliphatic carbocycles. The Morgan fingerprint density at radius 3 is 2.89 bits per heavy atom. The topological polar surface area (TPSA) is 24.5 Å². The van der Waals surface area contributed by atoms with Crippen LogP contribution in [0.2, 0.25) is 5.02 Å². The highest BCUT2D eigenvalue weighted by molar-refractivity contribution is 6.30. The number of ether oxygens (including phenoxy) is 1. The maximum atomic E-state index is 6.13. The van der Waals surface area contributed by atoms with Gasteiger partial charge in [0, 0.05) is 23.8 Å². The van der Waals surface area contributed by atoms with Crippen LogP contribution in [0.4, 0.5) is 5.69 Å². The largest absolute Gasteiger partial charge is 0.377 e. The molecule has 106 valence electrons. The minimum absolute atomic E-state index is 0.0209. The Hall–Kier alpha value is -0.770. The SMILES string of the molecule is CCNCc1cc(Cl)ccc1N1CCOCC1(C)C. The van der Waals surface area contributed by atoms with Crippen molar-refractivity contribution in [1.82, 2.24) is 5.32 Å². The molecule has 4 heteroatoms. The monoisotopic (exact) mass is 282 g/mol. The predicted octanol–water partition coefficient (Wildman–Crippen LogP) is 3.06. The molecule has 1 heterocycles. The minimum atomic E-state index is 0.0209. The number of morpholine rings is 1. The van der Waals surface area contributed by atoms with Crippen LogP contribution in [0.25, 0.3) is 0 Å². The number of halogens is 1. The van der Waals surface area contributed by atoms with Crippen LogP contribution in [-0.4, -0.2) is 31.8 Å². The van der Waals surface area contributed by atoms with E-state index in [1.807, 2.05) is 6.07 Å². The van der Waals surface area contributed by atoms with Crippen molar-refractivity contribution < 1.29 is 4.74 Å². The first-order valence-electron chi connectivity index (χ1n) is 6.89. The molecule has 1 aromatic carbocycles. The highest BCUT2D eigenvalue weighted by Gasteiger charge is 2.31. The van der Waals surface area contributed by atoms with Gasteiger partial charge in [-0.25, -0.2) is 0 Å². The highest BCUT2D eigenvalue weighted by Crippen LogP contribution is 2.31. The van der Waals surface area contributed by atoms with Gasteiger partial charge in [-0.15, -0.1) is 0 Å². The maximum absolute atomic E-state index is 6.13. The third-order valence-electron chi connectivity index (χ3n) is 3.54. The molecule has 0 spiro atoms. The third kappa shape index (κ3) is 3.41. The molecule has 3 nitrogen and oxygen atoms in total. The number of nitrogens with zero attached hydrogens (tertiary/aromatic N) is 1. The normalized spacial score (nSPS) is 18.6. The van der Waals surface area contributed by atoms with Gasteiger partial charge in [0.05, 0.1) is 18.8 Å². The van der Waals surface area contributed by atoms with E-state index in [1.165, 1.54) is 11.3 Å². The van der Waals surface area contributed by atoms with Crippen molar-refractivity contribution in [2.45, 2.75) is 32.9 Å². The molecule has 0 aromatic heterocycles. The Morgan fingerprint density at radius 2 is 2.21 bits per heavy atom. The second kappa shape index (κ2) is 6.12. The van der Waals surface area contributed by atoms with E-state index in [0.29, 0.717) is 0 Å². The number of nitrogens with one attached hydrogen (secondary N) is 1. The van der Waals surface area contributed by atoms with E-state index in [2.05, 4.69) is 43.1 Å². The van der Waals surface area contributed by atoms with Crippen molar-refractivity contribution in [1.29, 1.82) is 0 Å². The molecule has 2 rings (SSSR count). The molecule has 0 atom stereocenters. The fraction of sp³-hybridized carbons (Fsp3) is 0.600. The lowest BCUT2D eigenvalue weighted by atomic mass is 9.99. The quantitative estimate of drug-likeness (QED) is 0.919. The van der Waals surface area contributed by atoms with Crippen LogP contribution < -0.4 is 10.2 Å².